The maximum absolute atomic E-state index is 5.34. The van der Waals surface area contributed by atoms with Crippen LogP contribution in [0.5, 0.6) is 11.5 Å². The second-order valence-electron chi connectivity index (χ2n) is 3.49. The predicted molar refractivity (Wildman–Crippen MR) is 61.9 cm³/mol. The number of hydrogen-bond acceptors (Lipinski definition) is 3. The molecule has 15 heavy (non-hydrogen) atoms. The summed E-state index contributed by atoms with van der Waals surface area (Å²) in [5.74, 6) is 1.85. The zero-order valence-corrected chi connectivity index (χ0v) is 9.89. The van der Waals surface area contributed by atoms with Crippen LogP contribution in [0.15, 0.2) is 12.1 Å². The molecular weight excluding hydrogens is 190 g/mol. The first-order valence-electron chi connectivity index (χ1n) is 5.09. The first-order valence-corrected chi connectivity index (χ1v) is 5.09. The molecule has 0 aliphatic heterocycles. The fourth-order valence-electron chi connectivity index (χ4n) is 1.57. The van der Waals surface area contributed by atoms with E-state index in [4.69, 9.17) is 9.47 Å². The smallest absolute Gasteiger partial charge is 0.122 e. The lowest BCUT2D eigenvalue weighted by Crippen LogP contribution is -2.11. The van der Waals surface area contributed by atoms with E-state index in [1.807, 2.05) is 26.1 Å². The SMILES string of the molecule is CNCCc1cc(OC)c(C)cc1OC. The Hall–Kier alpha value is -1.22. The zero-order valence-electron chi connectivity index (χ0n) is 9.89. The number of rotatable bonds is 5. The van der Waals surface area contributed by atoms with E-state index in [1.54, 1.807) is 14.2 Å². The molecule has 0 aliphatic carbocycles. The van der Waals surface area contributed by atoms with E-state index < -0.39 is 0 Å². The van der Waals surface area contributed by atoms with Crippen molar-refractivity contribution in [3.63, 3.8) is 0 Å². The van der Waals surface area contributed by atoms with Gasteiger partial charge in [0, 0.05) is 0 Å². The average molecular weight is 209 g/mol. The number of ether oxygens (including phenoxy) is 2. The van der Waals surface area contributed by atoms with E-state index in [0.717, 1.165) is 30.0 Å². The van der Waals surface area contributed by atoms with Crippen LogP contribution in [-0.2, 0) is 6.42 Å². The van der Waals surface area contributed by atoms with Gasteiger partial charge in [0.1, 0.15) is 11.5 Å². The van der Waals surface area contributed by atoms with Crippen molar-refractivity contribution < 1.29 is 9.47 Å². The van der Waals surface area contributed by atoms with Crippen LogP contribution < -0.4 is 14.8 Å². The molecule has 0 atom stereocenters. The lowest BCUT2D eigenvalue weighted by Gasteiger charge is -2.12. The molecule has 3 heteroatoms. The minimum atomic E-state index is 0.918. The summed E-state index contributed by atoms with van der Waals surface area (Å²) in [7, 11) is 5.33. The maximum atomic E-state index is 5.34. The van der Waals surface area contributed by atoms with Gasteiger partial charge < -0.3 is 14.8 Å². The first-order chi connectivity index (χ1) is 7.22. The second-order valence-corrected chi connectivity index (χ2v) is 3.49. The molecule has 0 unspecified atom stereocenters. The van der Waals surface area contributed by atoms with Crippen LogP contribution in [0.1, 0.15) is 11.1 Å². The van der Waals surface area contributed by atoms with Gasteiger partial charge in [0.15, 0.2) is 0 Å². The van der Waals surface area contributed by atoms with E-state index >= 15 is 0 Å². The summed E-state index contributed by atoms with van der Waals surface area (Å²) in [5.41, 5.74) is 2.27. The van der Waals surface area contributed by atoms with Gasteiger partial charge in [-0.15, -0.1) is 0 Å². The highest BCUT2D eigenvalue weighted by Crippen LogP contribution is 2.28. The highest BCUT2D eigenvalue weighted by atomic mass is 16.5. The molecule has 0 saturated heterocycles. The zero-order chi connectivity index (χ0) is 11.3. The van der Waals surface area contributed by atoms with Gasteiger partial charge in [0.25, 0.3) is 0 Å². The summed E-state index contributed by atoms with van der Waals surface area (Å²) >= 11 is 0. The summed E-state index contributed by atoms with van der Waals surface area (Å²) in [6.07, 6.45) is 0.941. The van der Waals surface area contributed by atoms with Gasteiger partial charge in [-0.25, -0.2) is 0 Å². The molecular formula is C12H19NO2. The Kier molecular flexibility index (Phi) is 4.43. The Labute approximate surface area is 91.4 Å². The average Bonchev–Trinajstić information content (AvgIpc) is 2.26. The van der Waals surface area contributed by atoms with Crippen LogP contribution in [0.3, 0.4) is 0 Å². The van der Waals surface area contributed by atoms with Crippen molar-refractivity contribution in [3.05, 3.63) is 23.3 Å². The van der Waals surface area contributed by atoms with Gasteiger partial charge in [0.2, 0.25) is 0 Å². The van der Waals surface area contributed by atoms with E-state index in [9.17, 15) is 0 Å². The quantitative estimate of drug-likeness (QED) is 0.801. The van der Waals surface area contributed by atoms with Crippen molar-refractivity contribution in [3.8, 4) is 11.5 Å². The summed E-state index contributed by atoms with van der Waals surface area (Å²) < 4.78 is 10.6. The summed E-state index contributed by atoms with van der Waals surface area (Å²) in [6.45, 7) is 2.95. The molecule has 1 aromatic rings. The largest absolute Gasteiger partial charge is 0.496 e. The van der Waals surface area contributed by atoms with E-state index in [-0.39, 0.29) is 0 Å². The van der Waals surface area contributed by atoms with E-state index in [2.05, 4.69) is 5.32 Å². The molecule has 0 amide bonds. The third-order valence-corrected chi connectivity index (χ3v) is 2.44. The molecule has 0 saturated carbocycles. The number of aryl methyl sites for hydroxylation is 1. The number of benzene rings is 1. The van der Waals surface area contributed by atoms with Gasteiger partial charge in [-0.1, -0.05) is 0 Å². The molecule has 1 rings (SSSR count). The molecule has 0 aromatic heterocycles. The molecule has 0 spiro atoms. The molecule has 0 radical (unpaired) electrons. The lowest BCUT2D eigenvalue weighted by molar-refractivity contribution is 0.396. The highest BCUT2D eigenvalue weighted by molar-refractivity contribution is 5.46. The Morgan fingerprint density at radius 1 is 1.13 bits per heavy atom. The molecule has 0 heterocycles. The summed E-state index contributed by atoms with van der Waals surface area (Å²) in [5, 5.41) is 3.12. The van der Waals surface area contributed by atoms with Gasteiger partial charge in [-0.2, -0.15) is 0 Å². The van der Waals surface area contributed by atoms with E-state index in [1.165, 1.54) is 5.56 Å². The molecule has 3 nitrogen and oxygen atoms in total. The van der Waals surface area contributed by atoms with Crippen molar-refractivity contribution in [1.29, 1.82) is 0 Å². The van der Waals surface area contributed by atoms with Crippen LogP contribution in [0.4, 0.5) is 0 Å². The molecule has 1 aromatic carbocycles. The van der Waals surface area contributed by atoms with Crippen molar-refractivity contribution in [2.45, 2.75) is 13.3 Å². The monoisotopic (exact) mass is 209 g/mol. The maximum Gasteiger partial charge on any atom is 0.122 e. The van der Waals surface area contributed by atoms with Crippen LogP contribution in [-0.4, -0.2) is 27.8 Å². The standard InChI is InChI=1S/C12H19NO2/c1-9-7-12(15-4)10(5-6-13-2)8-11(9)14-3/h7-8,13H,5-6H2,1-4H3. The molecule has 0 aliphatic rings. The van der Waals surface area contributed by atoms with Gasteiger partial charge >= 0.3 is 0 Å². The van der Waals surface area contributed by atoms with Crippen LogP contribution in [0.25, 0.3) is 0 Å². The third-order valence-electron chi connectivity index (χ3n) is 2.44. The number of likely N-dealkylation sites (N-methyl/N-ethyl adjacent to an activating group) is 1. The number of methoxy groups -OCH3 is 2. The molecule has 84 valence electrons. The number of hydrogen-bond donors (Lipinski definition) is 1. The summed E-state index contributed by atoms with van der Waals surface area (Å²) in [6, 6.07) is 4.06. The predicted octanol–water partition coefficient (Wildman–Crippen LogP) is 1.77. The van der Waals surface area contributed by atoms with Crippen molar-refractivity contribution in [2.75, 3.05) is 27.8 Å². The topological polar surface area (TPSA) is 30.5 Å². The Bertz CT molecular complexity index is 324. The second kappa shape index (κ2) is 5.61. The van der Waals surface area contributed by atoms with Crippen molar-refractivity contribution in [1.82, 2.24) is 5.32 Å². The highest BCUT2D eigenvalue weighted by Gasteiger charge is 2.07. The van der Waals surface area contributed by atoms with Gasteiger partial charge in [-0.3, -0.25) is 0 Å². The molecule has 1 N–H and O–H groups in total. The number of nitrogens with one attached hydrogen (secondary N) is 1. The first kappa shape index (κ1) is 11.9. The normalized spacial score (nSPS) is 10.1. The Morgan fingerprint density at radius 3 is 2.33 bits per heavy atom. The minimum absolute atomic E-state index is 0.918. The molecule has 0 fully saturated rings. The van der Waals surface area contributed by atoms with Crippen molar-refractivity contribution >= 4 is 0 Å². The van der Waals surface area contributed by atoms with Crippen molar-refractivity contribution in [2.24, 2.45) is 0 Å². The molecule has 0 bridgehead atoms. The fourth-order valence-corrected chi connectivity index (χ4v) is 1.57. The van der Waals surface area contributed by atoms with Gasteiger partial charge in [0.05, 0.1) is 14.2 Å². The fraction of sp³-hybridized carbons (Fsp3) is 0.500. The minimum Gasteiger partial charge on any atom is -0.496 e. The van der Waals surface area contributed by atoms with Crippen LogP contribution in [0.2, 0.25) is 0 Å². The Balaban J connectivity index is 2.99. The van der Waals surface area contributed by atoms with Crippen LogP contribution >= 0.6 is 0 Å². The van der Waals surface area contributed by atoms with Gasteiger partial charge in [-0.05, 0) is 50.2 Å². The van der Waals surface area contributed by atoms with E-state index in [0.29, 0.717) is 0 Å². The van der Waals surface area contributed by atoms with Crippen LogP contribution in [0, 0.1) is 6.92 Å². The Morgan fingerprint density at radius 2 is 1.80 bits per heavy atom. The summed E-state index contributed by atoms with van der Waals surface area (Å²) in [4.78, 5) is 0. The third kappa shape index (κ3) is 2.86. The lowest BCUT2D eigenvalue weighted by atomic mass is 10.1.